The van der Waals surface area contributed by atoms with Crippen LogP contribution in [-0.2, 0) is 0 Å². The van der Waals surface area contributed by atoms with E-state index >= 15 is 0 Å². The Morgan fingerprint density at radius 3 is 2.62 bits per heavy atom. The van der Waals surface area contributed by atoms with Gasteiger partial charge in [0.1, 0.15) is 11.6 Å². The molecule has 2 aromatic rings. The summed E-state index contributed by atoms with van der Waals surface area (Å²) in [7, 11) is 0. The molecular formula is C16H16BrF2NO. The number of para-hydroxylation sites is 1. The van der Waals surface area contributed by atoms with Gasteiger partial charge in [-0.2, -0.15) is 0 Å². The van der Waals surface area contributed by atoms with Gasteiger partial charge in [-0.25, -0.2) is 8.78 Å². The zero-order chi connectivity index (χ0) is 15.4. The van der Waals surface area contributed by atoms with Crippen LogP contribution in [0.25, 0.3) is 0 Å². The number of ether oxygens (including phenoxy) is 1. The lowest BCUT2D eigenvalue weighted by molar-refractivity contribution is 0.423. The van der Waals surface area contributed by atoms with Gasteiger partial charge in [-0.05, 0) is 47.6 Å². The Kier molecular flexibility index (Phi) is 5.31. The third kappa shape index (κ3) is 3.80. The van der Waals surface area contributed by atoms with Gasteiger partial charge in [-0.3, -0.25) is 0 Å². The topological polar surface area (TPSA) is 21.3 Å². The standard InChI is InChI=1S/C16H16BrF2NO/c1-3-20-10(2)12-5-4-6-14(18)16(12)21-11-7-8-13(17)15(19)9-11/h4-10,20H,3H2,1-2H3. The van der Waals surface area contributed by atoms with Crippen LogP contribution in [0.15, 0.2) is 40.9 Å². The Morgan fingerprint density at radius 1 is 1.19 bits per heavy atom. The number of nitrogens with one attached hydrogen (secondary N) is 1. The molecule has 1 N–H and O–H groups in total. The second-order valence-electron chi connectivity index (χ2n) is 4.62. The maximum atomic E-state index is 14.1. The summed E-state index contributed by atoms with van der Waals surface area (Å²) in [6, 6.07) is 9.01. The van der Waals surface area contributed by atoms with Crippen LogP contribution in [0.5, 0.6) is 11.5 Å². The number of benzene rings is 2. The van der Waals surface area contributed by atoms with Crippen molar-refractivity contribution in [3.05, 3.63) is 58.1 Å². The Hall–Kier alpha value is -1.46. The summed E-state index contributed by atoms with van der Waals surface area (Å²) in [5.74, 6) is -0.552. The van der Waals surface area contributed by atoms with Gasteiger partial charge in [0, 0.05) is 17.7 Å². The van der Waals surface area contributed by atoms with Crippen molar-refractivity contribution in [1.29, 1.82) is 0 Å². The molecule has 112 valence electrons. The average Bonchev–Trinajstić information content (AvgIpc) is 2.45. The quantitative estimate of drug-likeness (QED) is 0.796. The second kappa shape index (κ2) is 7.00. The molecule has 0 bridgehead atoms. The molecule has 0 saturated heterocycles. The van der Waals surface area contributed by atoms with Gasteiger partial charge < -0.3 is 10.1 Å². The fraction of sp³-hybridized carbons (Fsp3) is 0.250. The Bertz CT molecular complexity index is 634. The van der Waals surface area contributed by atoms with Crippen LogP contribution >= 0.6 is 15.9 Å². The first kappa shape index (κ1) is 15.9. The Labute approximate surface area is 131 Å². The lowest BCUT2D eigenvalue weighted by atomic mass is 10.1. The van der Waals surface area contributed by atoms with Crippen molar-refractivity contribution in [2.24, 2.45) is 0 Å². The molecule has 0 heterocycles. The van der Waals surface area contributed by atoms with Crippen molar-refractivity contribution in [3.63, 3.8) is 0 Å². The minimum Gasteiger partial charge on any atom is -0.454 e. The first-order valence-corrected chi connectivity index (χ1v) is 7.47. The molecule has 0 aliphatic carbocycles. The van der Waals surface area contributed by atoms with Crippen molar-refractivity contribution in [1.82, 2.24) is 5.32 Å². The molecular weight excluding hydrogens is 340 g/mol. The van der Waals surface area contributed by atoms with E-state index in [-0.39, 0.29) is 17.5 Å². The molecule has 0 aliphatic heterocycles. The number of rotatable bonds is 5. The zero-order valence-electron chi connectivity index (χ0n) is 11.8. The van der Waals surface area contributed by atoms with E-state index in [1.807, 2.05) is 13.8 Å². The molecule has 0 aromatic heterocycles. The summed E-state index contributed by atoms with van der Waals surface area (Å²) in [6.07, 6.45) is 0. The smallest absolute Gasteiger partial charge is 0.167 e. The molecule has 2 rings (SSSR count). The van der Waals surface area contributed by atoms with Gasteiger partial charge in [-0.15, -0.1) is 0 Å². The summed E-state index contributed by atoms with van der Waals surface area (Å²) in [6.45, 7) is 4.65. The molecule has 1 atom stereocenters. The van der Waals surface area contributed by atoms with Gasteiger partial charge in [0.25, 0.3) is 0 Å². The third-order valence-corrected chi connectivity index (χ3v) is 3.73. The van der Waals surface area contributed by atoms with E-state index in [1.165, 1.54) is 18.2 Å². The third-order valence-electron chi connectivity index (χ3n) is 3.09. The number of hydrogen-bond acceptors (Lipinski definition) is 2. The SMILES string of the molecule is CCNC(C)c1cccc(F)c1Oc1ccc(Br)c(F)c1. The van der Waals surface area contributed by atoms with Crippen molar-refractivity contribution < 1.29 is 13.5 Å². The van der Waals surface area contributed by atoms with E-state index < -0.39 is 11.6 Å². The van der Waals surface area contributed by atoms with E-state index in [1.54, 1.807) is 18.2 Å². The van der Waals surface area contributed by atoms with E-state index in [2.05, 4.69) is 21.2 Å². The van der Waals surface area contributed by atoms with Crippen LogP contribution < -0.4 is 10.1 Å². The van der Waals surface area contributed by atoms with Gasteiger partial charge >= 0.3 is 0 Å². The van der Waals surface area contributed by atoms with Crippen molar-refractivity contribution in [2.75, 3.05) is 6.54 Å². The summed E-state index contributed by atoms with van der Waals surface area (Å²) in [5.41, 5.74) is 0.695. The van der Waals surface area contributed by atoms with Gasteiger partial charge in [0.05, 0.1) is 4.47 Å². The number of hydrogen-bond donors (Lipinski definition) is 1. The highest BCUT2D eigenvalue weighted by Gasteiger charge is 2.16. The minimum absolute atomic E-state index is 0.0685. The van der Waals surface area contributed by atoms with E-state index in [0.29, 0.717) is 10.0 Å². The molecule has 1 unspecified atom stereocenters. The molecule has 0 amide bonds. The summed E-state index contributed by atoms with van der Waals surface area (Å²) in [4.78, 5) is 0. The maximum Gasteiger partial charge on any atom is 0.167 e. The Balaban J connectivity index is 2.36. The Morgan fingerprint density at radius 2 is 1.95 bits per heavy atom. The normalized spacial score (nSPS) is 12.2. The van der Waals surface area contributed by atoms with Crippen molar-refractivity contribution in [3.8, 4) is 11.5 Å². The molecule has 2 nitrogen and oxygen atoms in total. The number of halogens is 3. The highest BCUT2D eigenvalue weighted by molar-refractivity contribution is 9.10. The minimum atomic E-state index is -0.472. The molecule has 0 radical (unpaired) electrons. The molecule has 0 saturated carbocycles. The van der Waals surface area contributed by atoms with Crippen LogP contribution in [-0.4, -0.2) is 6.54 Å². The predicted octanol–water partition coefficient (Wildman–Crippen LogP) is 5.19. The fourth-order valence-electron chi connectivity index (χ4n) is 2.05. The molecule has 0 fully saturated rings. The summed E-state index contributed by atoms with van der Waals surface area (Å²) < 4.78 is 33.5. The van der Waals surface area contributed by atoms with Gasteiger partial charge in [0.2, 0.25) is 0 Å². The fourth-order valence-corrected chi connectivity index (χ4v) is 2.30. The average molecular weight is 356 g/mol. The largest absolute Gasteiger partial charge is 0.454 e. The second-order valence-corrected chi connectivity index (χ2v) is 5.47. The highest BCUT2D eigenvalue weighted by atomic mass is 79.9. The van der Waals surface area contributed by atoms with Crippen molar-refractivity contribution >= 4 is 15.9 Å². The van der Waals surface area contributed by atoms with Crippen LogP contribution in [0.3, 0.4) is 0 Å². The van der Waals surface area contributed by atoms with Crippen molar-refractivity contribution in [2.45, 2.75) is 19.9 Å². The van der Waals surface area contributed by atoms with E-state index in [0.717, 1.165) is 6.54 Å². The lowest BCUT2D eigenvalue weighted by Crippen LogP contribution is -2.18. The molecule has 0 aliphatic rings. The van der Waals surface area contributed by atoms with Crippen LogP contribution in [0.2, 0.25) is 0 Å². The lowest BCUT2D eigenvalue weighted by Gasteiger charge is -2.18. The maximum absolute atomic E-state index is 14.1. The van der Waals surface area contributed by atoms with Crippen LogP contribution in [0, 0.1) is 11.6 Å². The summed E-state index contributed by atoms with van der Waals surface area (Å²) in [5, 5.41) is 3.21. The van der Waals surface area contributed by atoms with E-state index in [4.69, 9.17) is 4.74 Å². The van der Waals surface area contributed by atoms with Crippen LogP contribution in [0.4, 0.5) is 8.78 Å². The summed E-state index contributed by atoms with van der Waals surface area (Å²) >= 11 is 3.07. The van der Waals surface area contributed by atoms with Crippen LogP contribution in [0.1, 0.15) is 25.5 Å². The highest BCUT2D eigenvalue weighted by Crippen LogP contribution is 2.33. The van der Waals surface area contributed by atoms with Gasteiger partial charge in [0.15, 0.2) is 11.6 Å². The molecule has 2 aromatic carbocycles. The first-order valence-electron chi connectivity index (χ1n) is 6.67. The molecule has 0 spiro atoms. The monoisotopic (exact) mass is 355 g/mol. The molecule has 5 heteroatoms. The predicted molar refractivity (Wildman–Crippen MR) is 82.7 cm³/mol. The van der Waals surface area contributed by atoms with E-state index in [9.17, 15) is 8.78 Å². The zero-order valence-corrected chi connectivity index (χ0v) is 13.4. The first-order chi connectivity index (χ1) is 10.0. The van der Waals surface area contributed by atoms with Gasteiger partial charge in [-0.1, -0.05) is 19.1 Å². The molecule has 21 heavy (non-hydrogen) atoms.